The molecule has 0 saturated carbocycles. The summed E-state index contributed by atoms with van der Waals surface area (Å²) in [6.07, 6.45) is 2.01. The summed E-state index contributed by atoms with van der Waals surface area (Å²) in [5.74, 6) is 1.51. The average Bonchev–Trinajstić information content (AvgIpc) is 2.81. The first-order valence-electron chi connectivity index (χ1n) is 11.3. The van der Waals surface area contributed by atoms with Crippen LogP contribution >= 0.6 is 0 Å². The summed E-state index contributed by atoms with van der Waals surface area (Å²) in [4.78, 5) is 17.9. The van der Waals surface area contributed by atoms with Gasteiger partial charge in [-0.05, 0) is 44.4 Å². The summed E-state index contributed by atoms with van der Waals surface area (Å²) in [6.45, 7) is 7.14. The van der Waals surface area contributed by atoms with Crippen molar-refractivity contribution in [3.8, 4) is 17.2 Å². The van der Waals surface area contributed by atoms with E-state index in [4.69, 9.17) is 14.2 Å². The number of likely N-dealkylation sites (tertiary alicyclic amines) is 2. The molecule has 0 aliphatic carbocycles. The minimum absolute atomic E-state index is 0.00963. The third kappa shape index (κ3) is 3.81. The van der Waals surface area contributed by atoms with E-state index in [-0.39, 0.29) is 11.3 Å². The number of carbonyl (C=O) groups is 1. The van der Waals surface area contributed by atoms with Crippen LogP contribution in [-0.2, 0) is 0 Å². The standard InChI is InChI=1S/C26H34N2O4/c1-18(2)28-17-26(24(28)19-9-7-6-8-10-19)11-13-27(14-12-26)25(29)20-15-21(30-3)23(32-5)22(16-20)31-4/h6-10,15-16,18,24H,11-14,17H2,1-5H3. The van der Waals surface area contributed by atoms with Crippen LogP contribution in [0.1, 0.15) is 48.7 Å². The van der Waals surface area contributed by atoms with Gasteiger partial charge in [-0.1, -0.05) is 30.3 Å². The summed E-state index contributed by atoms with van der Waals surface area (Å²) >= 11 is 0. The third-order valence-electron chi connectivity index (χ3n) is 7.15. The van der Waals surface area contributed by atoms with Gasteiger partial charge in [0.15, 0.2) is 11.5 Å². The van der Waals surface area contributed by atoms with Crippen LogP contribution in [0.3, 0.4) is 0 Å². The number of nitrogens with zero attached hydrogens (tertiary/aromatic N) is 2. The van der Waals surface area contributed by atoms with E-state index in [2.05, 4.69) is 49.1 Å². The van der Waals surface area contributed by atoms with Crippen molar-refractivity contribution in [3.63, 3.8) is 0 Å². The minimum Gasteiger partial charge on any atom is -0.493 e. The van der Waals surface area contributed by atoms with Crippen LogP contribution in [0.5, 0.6) is 17.2 Å². The van der Waals surface area contributed by atoms with Gasteiger partial charge in [-0.25, -0.2) is 0 Å². The highest BCUT2D eigenvalue weighted by Gasteiger charge is 2.54. The van der Waals surface area contributed by atoms with Crippen LogP contribution in [-0.4, -0.2) is 62.7 Å². The molecule has 2 heterocycles. The van der Waals surface area contributed by atoms with Crippen LogP contribution in [0.2, 0.25) is 0 Å². The Morgan fingerprint density at radius 1 is 0.969 bits per heavy atom. The Morgan fingerprint density at radius 2 is 1.56 bits per heavy atom. The number of hydrogen-bond donors (Lipinski definition) is 0. The highest BCUT2D eigenvalue weighted by molar-refractivity contribution is 5.95. The van der Waals surface area contributed by atoms with Gasteiger partial charge in [-0.2, -0.15) is 0 Å². The van der Waals surface area contributed by atoms with E-state index >= 15 is 0 Å². The molecule has 0 radical (unpaired) electrons. The summed E-state index contributed by atoms with van der Waals surface area (Å²) in [5, 5.41) is 0. The molecular formula is C26H34N2O4. The molecule has 0 aromatic heterocycles. The number of hydrogen-bond acceptors (Lipinski definition) is 5. The number of rotatable bonds is 6. The molecule has 4 rings (SSSR count). The van der Waals surface area contributed by atoms with E-state index in [1.807, 2.05) is 4.90 Å². The van der Waals surface area contributed by atoms with Gasteiger partial charge in [-0.15, -0.1) is 0 Å². The molecule has 2 fully saturated rings. The molecule has 1 amide bonds. The lowest BCUT2D eigenvalue weighted by molar-refractivity contribution is -0.124. The zero-order chi connectivity index (χ0) is 22.9. The first-order chi connectivity index (χ1) is 15.4. The van der Waals surface area contributed by atoms with Crippen LogP contribution in [0.4, 0.5) is 0 Å². The number of amides is 1. The maximum atomic E-state index is 13.3. The number of methoxy groups -OCH3 is 3. The molecule has 0 bridgehead atoms. The van der Waals surface area contributed by atoms with Gasteiger partial charge in [0.1, 0.15) is 0 Å². The van der Waals surface area contributed by atoms with Gasteiger partial charge in [0, 0.05) is 42.7 Å². The van der Waals surface area contributed by atoms with Crippen molar-refractivity contribution < 1.29 is 19.0 Å². The van der Waals surface area contributed by atoms with E-state index in [0.717, 1.165) is 32.5 Å². The number of carbonyl (C=O) groups excluding carboxylic acids is 1. The first-order valence-corrected chi connectivity index (χ1v) is 11.3. The van der Waals surface area contributed by atoms with Gasteiger partial charge < -0.3 is 19.1 Å². The van der Waals surface area contributed by atoms with Crippen LogP contribution in [0.25, 0.3) is 0 Å². The number of ether oxygens (including phenoxy) is 3. The third-order valence-corrected chi connectivity index (χ3v) is 7.15. The van der Waals surface area contributed by atoms with Crippen molar-refractivity contribution in [2.75, 3.05) is 41.0 Å². The second-order valence-corrected chi connectivity index (χ2v) is 9.15. The van der Waals surface area contributed by atoms with E-state index in [9.17, 15) is 4.79 Å². The first kappa shape index (κ1) is 22.5. The predicted molar refractivity (Wildman–Crippen MR) is 125 cm³/mol. The van der Waals surface area contributed by atoms with Crippen molar-refractivity contribution >= 4 is 5.91 Å². The fourth-order valence-electron chi connectivity index (χ4n) is 5.42. The Balaban J connectivity index is 1.52. The second-order valence-electron chi connectivity index (χ2n) is 9.15. The van der Waals surface area contributed by atoms with Gasteiger partial charge in [-0.3, -0.25) is 9.69 Å². The van der Waals surface area contributed by atoms with Crippen LogP contribution in [0, 0.1) is 5.41 Å². The summed E-state index contributed by atoms with van der Waals surface area (Å²) in [6, 6.07) is 15.2. The highest BCUT2D eigenvalue weighted by atomic mass is 16.5. The summed E-state index contributed by atoms with van der Waals surface area (Å²) in [5.41, 5.74) is 2.18. The Kier molecular flexibility index (Phi) is 6.33. The van der Waals surface area contributed by atoms with Crippen molar-refractivity contribution in [1.82, 2.24) is 9.80 Å². The lowest BCUT2D eigenvalue weighted by atomic mass is 9.62. The van der Waals surface area contributed by atoms with Crippen LogP contribution < -0.4 is 14.2 Å². The summed E-state index contributed by atoms with van der Waals surface area (Å²) < 4.78 is 16.3. The van der Waals surface area contributed by atoms with Crippen molar-refractivity contribution in [3.05, 3.63) is 53.6 Å². The largest absolute Gasteiger partial charge is 0.493 e. The number of benzene rings is 2. The van der Waals surface area contributed by atoms with E-state index in [1.54, 1.807) is 33.5 Å². The monoisotopic (exact) mass is 438 g/mol. The molecule has 6 heteroatoms. The molecule has 2 saturated heterocycles. The quantitative estimate of drug-likeness (QED) is 0.669. The van der Waals surface area contributed by atoms with Gasteiger partial charge in [0.25, 0.3) is 5.91 Å². The zero-order valence-corrected chi connectivity index (χ0v) is 19.8. The van der Waals surface area contributed by atoms with Gasteiger partial charge in [0.05, 0.1) is 21.3 Å². The van der Waals surface area contributed by atoms with E-state index < -0.39 is 0 Å². The maximum absolute atomic E-state index is 13.3. The van der Waals surface area contributed by atoms with E-state index in [0.29, 0.717) is 34.9 Å². The SMILES string of the molecule is COc1cc(C(=O)N2CCC3(CC2)CN(C(C)C)C3c2ccccc2)cc(OC)c1OC. The second kappa shape index (κ2) is 9.02. The molecule has 6 nitrogen and oxygen atoms in total. The zero-order valence-electron chi connectivity index (χ0n) is 19.8. The van der Waals surface area contributed by atoms with Crippen LogP contribution in [0.15, 0.2) is 42.5 Å². The lowest BCUT2D eigenvalue weighted by Crippen LogP contribution is -2.64. The lowest BCUT2D eigenvalue weighted by Gasteiger charge is -2.62. The minimum atomic E-state index is 0.00963. The predicted octanol–water partition coefficient (Wildman–Crippen LogP) is 4.40. The topological polar surface area (TPSA) is 51.2 Å². The van der Waals surface area contributed by atoms with Crippen molar-refractivity contribution in [1.29, 1.82) is 0 Å². The fraction of sp³-hybridized carbons (Fsp3) is 0.500. The molecule has 32 heavy (non-hydrogen) atoms. The van der Waals surface area contributed by atoms with Gasteiger partial charge >= 0.3 is 0 Å². The fourth-order valence-corrected chi connectivity index (χ4v) is 5.42. The molecule has 1 spiro atoms. The van der Waals surface area contributed by atoms with Crippen molar-refractivity contribution in [2.45, 2.75) is 38.8 Å². The molecule has 2 aromatic carbocycles. The van der Waals surface area contributed by atoms with Gasteiger partial charge in [0.2, 0.25) is 5.75 Å². The molecule has 1 atom stereocenters. The molecule has 2 aliphatic heterocycles. The Labute approximate surface area is 191 Å². The maximum Gasteiger partial charge on any atom is 0.254 e. The Bertz CT molecular complexity index is 927. The van der Waals surface area contributed by atoms with Crippen molar-refractivity contribution in [2.24, 2.45) is 5.41 Å². The van der Waals surface area contributed by atoms with E-state index in [1.165, 1.54) is 5.56 Å². The smallest absolute Gasteiger partial charge is 0.254 e. The summed E-state index contributed by atoms with van der Waals surface area (Å²) in [7, 11) is 4.70. The molecule has 0 N–H and O–H groups in total. The Hall–Kier alpha value is -2.73. The molecular weight excluding hydrogens is 404 g/mol. The normalized spacial score (nSPS) is 20.2. The molecule has 1 unspecified atom stereocenters. The highest BCUT2D eigenvalue weighted by Crippen LogP contribution is 2.55. The Morgan fingerprint density at radius 3 is 2.06 bits per heavy atom. The molecule has 2 aromatic rings. The molecule has 2 aliphatic rings. The molecule has 172 valence electrons. The average molecular weight is 439 g/mol. The number of piperidine rings is 1.